The van der Waals surface area contributed by atoms with Gasteiger partial charge in [-0.15, -0.1) is 0 Å². The molecule has 0 saturated carbocycles. The number of fused-ring (bicyclic) bond motifs is 1. The molecule has 0 fully saturated rings. The lowest BCUT2D eigenvalue weighted by molar-refractivity contribution is 0.392. The van der Waals surface area contributed by atoms with Gasteiger partial charge in [0, 0.05) is 48.7 Å². The Labute approximate surface area is 242 Å². The number of methoxy groups -OCH3 is 1. The van der Waals surface area contributed by atoms with Gasteiger partial charge in [-0.25, -0.2) is 14.8 Å². The van der Waals surface area contributed by atoms with Crippen LogP contribution in [-0.2, 0) is 20.6 Å². The van der Waals surface area contributed by atoms with E-state index in [0.29, 0.717) is 45.6 Å². The Bertz CT molecular complexity index is 1930. The summed E-state index contributed by atoms with van der Waals surface area (Å²) in [6.07, 6.45) is 0. The first-order valence-corrected chi connectivity index (χ1v) is 13.5. The van der Waals surface area contributed by atoms with Crippen molar-refractivity contribution in [1.82, 2.24) is 24.4 Å². The fourth-order valence-electron chi connectivity index (χ4n) is 5.05. The van der Waals surface area contributed by atoms with Crippen LogP contribution in [0.5, 0.6) is 5.88 Å². The van der Waals surface area contributed by atoms with Gasteiger partial charge in [0.2, 0.25) is 5.88 Å². The van der Waals surface area contributed by atoms with Gasteiger partial charge < -0.3 is 15.4 Å². The fourth-order valence-corrected chi connectivity index (χ4v) is 5.38. The lowest BCUT2D eigenvalue weighted by Crippen LogP contribution is -2.37. The van der Waals surface area contributed by atoms with Crippen molar-refractivity contribution in [2.75, 3.05) is 19.5 Å². The van der Waals surface area contributed by atoms with Crippen LogP contribution in [0.4, 0.5) is 11.5 Å². The Kier molecular flexibility index (Phi) is 7.66. The quantitative estimate of drug-likeness (QED) is 0.280. The van der Waals surface area contributed by atoms with Gasteiger partial charge in [0.1, 0.15) is 11.2 Å². The second-order valence-corrected chi connectivity index (χ2v) is 10.3. The molecule has 210 valence electrons. The molecule has 10 heteroatoms. The first kappa shape index (κ1) is 28.1. The van der Waals surface area contributed by atoms with Gasteiger partial charge in [0.15, 0.2) is 0 Å². The number of anilines is 2. The van der Waals surface area contributed by atoms with E-state index in [2.05, 4.69) is 15.6 Å². The predicted molar refractivity (Wildman–Crippen MR) is 164 cm³/mol. The second-order valence-electron chi connectivity index (χ2n) is 9.88. The molecule has 9 nitrogen and oxygen atoms in total. The Morgan fingerprint density at radius 2 is 1.63 bits per heavy atom. The number of pyridine rings is 2. The fraction of sp³-hybridized carbons (Fsp3) is 0.226. The van der Waals surface area contributed by atoms with Crippen LogP contribution in [0, 0.1) is 13.8 Å². The first-order chi connectivity index (χ1) is 19.7. The minimum atomic E-state index is -0.411. The Balaban J connectivity index is 1.61. The highest BCUT2D eigenvalue weighted by atomic mass is 35.5. The van der Waals surface area contributed by atoms with E-state index in [4.69, 9.17) is 21.3 Å². The van der Waals surface area contributed by atoms with Crippen LogP contribution in [0.25, 0.3) is 33.3 Å². The number of rotatable bonds is 7. The predicted octanol–water partition coefficient (Wildman–Crippen LogP) is 5.10. The van der Waals surface area contributed by atoms with E-state index in [1.54, 1.807) is 20.2 Å². The zero-order valence-corrected chi connectivity index (χ0v) is 24.6. The van der Waals surface area contributed by atoms with Gasteiger partial charge in [-0.1, -0.05) is 48.0 Å². The van der Waals surface area contributed by atoms with Crippen molar-refractivity contribution >= 4 is 34.0 Å². The highest BCUT2D eigenvalue weighted by Gasteiger charge is 2.18. The van der Waals surface area contributed by atoms with Crippen LogP contribution in [0.15, 0.2) is 64.2 Å². The van der Waals surface area contributed by atoms with E-state index < -0.39 is 11.2 Å². The number of nitrogens with one attached hydrogen (secondary N) is 2. The highest BCUT2D eigenvalue weighted by Crippen LogP contribution is 2.39. The lowest BCUT2D eigenvalue weighted by Gasteiger charge is -2.17. The third-order valence-corrected chi connectivity index (χ3v) is 7.64. The molecule has 0 bridgehead atoms. The number of benzene rings is 2. The van der Waals surface area contributed by atoms with Crippen molar-refractivity contribution in [3.63, 3.8) is 0 Å². The van der Waals surface area contributed by atoms with Crippen LogP contribution in [0.1, 0.15) is 16.8 Å². The molecule has 2 aromatic carbocycles. The van der Waals surface area contributed by atoms with E-state index >= 15 is 0 Å². The van der Waals surface area contributed by atoms with Crippen molar-refractivity contribution in [2.45, 2.75) is 20.4 Å². The molecule has 0 unspecified atom stereocenters. The van der Waals surface area contributed by atoms with E-state index in [9.17, 15) is 9.59 Å². The van der Waals surface area contributed by atoms with Crippen molar-refractivity contribution in [3.05, 3.63) is 97.3 Å². The average molecular weight is 571 g/mol. The number of aryl methyl sites for hydroxylation is 2. The normalized spacial score (nSPS) is 11.2. The van der Waals surface area contributed by atoms with Crippen LogP contribution < -0.4 is 26.6 Å². The standard InChI is InChI=1S/C31H31ClN6O3/c1-17-15-25-26(30(39)38(5)31(40)37(25)4)28(34-17)35-23-12-8-9-20(18(23)2)21-10-7-11-22(27(21)32)24-14-13-19(16-33-3)29(36-24)41-6/h7-15,33H,16H2,1-6H3,(H,34,35). The van der Waals surface area contributed by atoms with Gasteiger partial charge in [-0.3, -0.25) is 13.9 Å². The van der Waals surface area contributed by atoms with E-state index in [0.717, 1.165) is 38.1 Å². The molecular formula is C31H31ClN6O3. The van der Waals surface area contributed by atoms with Gasteiger partial charge >= 0.3 is 5.69 Å². The first-order valence-electron chi connectivity index (χ1n) is 13.1. The maximum absolute atomic E-state index is 13.2. The number of hydrogen-bond acceptors (Lipinski definition) is 7. The molecule has 0 aliphatic heterocycles. The number of halogens is 1. The zero-order chi connectivity index (χ0) is 29.4. The molecule has 2 N–H and O–H groups in total. The molecule has 0 aliphatic rings. The summed E-state index contributed by atoms with van der Waals surface area (Å²) >= 11 is 7.03. The third-order valence-electron chi connectivity index (χ3n) is 7.23. The number of aromatic nitrogens is 4. The Hall–Kier alpha value is -4.47. The summed E-state index contributed by atoms with van der Waals surface area (Å²) < 4.78 is 8.07. The molecule has 5 aromatic rings. The molecule has 0 radical (unpaired) electrons. The summed E-state index contributed by atoms with van der Waals surface area (Å²) in [5.74, 6) is 0.927. The van der Waals surface area contributed by atoms with Crippen LogP contribution in [0.2, 0.25) is 5.02 Å². The molecule has 0 amide bonds. The Morgan fingerprint density at radius 3 is 2.37 bits per heavy atom. The van der Waals surface area contributed by atoms with Gasteiger partial charge in [0.25, 0.3) is 5.56 Å². The molecule has 3 heterocycles. The topological polar surface area (TPSA) is 103 Å². The molecule has 3 aromatic heterocycles. The van der Waals surface area contributed by atoms with Crippen LogP contribution in [0.3, 0.4) is 0 Å². The van der Waals surface area contributed by atoms with Gasteiger partial charge in [-0.05, 0) is 50.2 Å². The molecule has 0 saturated heterocycles. The summed E-state index contributed by atoms with van der Waals surface area (Å²) in [6.45, 7) is 4.45. The van der Waals surface area contributed by atoms with Gasteiger partial charge in [0.05, 0.1) is 23.3 Å². The van der Waals surface area contributed by atoms with Crippen LogP contribution in [-0.4, -0.2) is 33.3 Å². The number of nitrogens with zero attached hydrogens (tertiary/aromatic N) is 4. The van der Waals surface area contributed by atoms with Crippen molar-refractivity contribution < 1.29 is 4.74 Å². The summed E-state index contributed by atoms with van der Waals surface area (Å²) in [6, 6.07) is 17.4. The Morgan fingerprint density at radius 1 is 0.927 bits per heavy atom. The maximum Gasteiger partial charge on any atom is 0.330 e. The SMILES string of the molecule is CNCc1ccc(-c2cccc(-c3cccc(Nc4nc(C)cc5c4c(=O)n(C)c(=O)n5C)c3C)c2Cl)nc1OC. The summed E-state index contributed by atoms with van der Waals surface area (Å²) in [7, 11) is 6.59. The van der Waals surface area contributed by atoms with Gasteiger partial charge in [-0.2, -0.15) is 0 Å². The molecule has 41 heavy (non-hydrogen) atoms. The third kappa shape index (κ3) is 4.98. The van der Waals surface area contributed by atoms with Crippen LogP contribution >= 0.6 is 11.6 Å². The molecule has 0 aliphatic carbocycles. The minimum absolute atomic E-state index is 0.340. The van der Waals surface area contributed by atoms with Crippen molar-refractivity contribution in [2.24, 2.45) is 14.1 Å². The average Bonchev–Trinajstić information content (AvgIpc) is 2.96. The summed E-state index contributed by atoms with van der Waals surface area (Å²) in [4.78, 5) is 35.0. The largest absolute Gasteiger partial charge is 0.481 e. The van der Waals surface area contributed by atoms with E-state index in [-0.39, 0.29) is 0 Å². The minimum Gasteiger partial charge on any atom is -0.481 e. The lowest BCUT2D eigenvalue weighted by atomic mass is 9.96. The van der Waals surface area contributed by atoms with E-state index in [1.807, 2.05) is 69.4 Å². The monoisotopic (exact) mass is 570 g/mol. The molecule has 0 atom stereocenters. The smallest absolute Gasteiger partial charge is 0.330 e. The van der Waals surface area contributed by atoms with E-state index in [1.165, 1.54) is 11.6 Å². The second kappa shape index (κ2) is 11.2. The van der Waals surface area contributed by atoms with Crippen molar-refractivity contribution in [3.8, 4) is 28.3 Å². The number of hydrogen-bond donors (Lipinski definition) is 2. The molecule has 0 spiro atoms. The number of ether oxygens (including phenoxy) is 1. The summed E-state index contributed by atoms with van der Waals surface area (Å²) in [5, 5.41) is 7.39. The molecular weight excluding hydrogens is 540 g/mol. The summed E-state index contributed by atoms with van der Waals surface area (Å²) in [5.41, 5.74) is 6.26. The zero-order valence-electron chi connectivity index (χ0n) is 23.8. The highest BCUT2D eigenvalue weighted by molar-refractivity contribution is 6.36. The molecule has 5 rings (SSSR count). The van der Waals surface area contributed by atoms with Crippen molar-refractivity contribution in [1.29, 1.82) is 0 Å². The maximum atomic E-state index is 13.2.